The van der Waals surface area contributed by atoms with Crippen molar-refractivity contribution in [1.29, 1.82) is 0 Å². The number of piperazine rings is 1. The fourth-order valence-electron chi connectivity index (χ4n) is 3.26. The summed E-state index contributed by atoms with van der Waals surface area (Å²) < 4.78 is 10.3. The Kier molecular flexibility index (Phi) is 6.50. The van der Waals surface area contributed by atoms with Crippen molar-refractivity contribution in [1.82, 2.24) is 4.90 Å². The Hall–Kier alpha value is -3.33. The van der Waals surface area contributed by atoms with Crippen LogP contribution in [0.15, 0.2) is 42.5 Å². The molecule has 9 heteroatoms. The molecular weight excluding hydrogens is 376 g/mol. The van der Waals surface area contributed by atoms with E-state index in [0.717, 1.165) is 37.6 Å². The van der Waals surface area contributed by atoms with Crippen molar-refractivity contribution in [2.24, 2.45) is 0 Å². The van der Waals surface area contributed by atoms with Gasteiger partial charge in [-0.2, -0.15) is 0 Å². The Balaban J connectivity index is 1.55. The molecule has 0 aromatic heterocycles. The van der Waals surface area contributed by atoms with Gasteiger partial charge < -0.3 is 19.7 Å². The normalized spacial score (nSPS) is 14.3. The number of anilines is 2. The van der Waals surface area contributed by atoms with E-state index >= 15 is 0 Å². The number of rotatable bonds is 7. The second-order valence-corrected chi connectivity index (χ2v) is 6.65. The summed E-state index contributed by atoms with van der Waals surface area (Å²) >= 11 is 0. The van der Waals surface area contributed by atoms with Gasteiger partial charge in [-0.1, -0.05) is 6.07 Å². The van der Waals surface area contributed by atoms with Crippen molar-refractivity contribution >= 4 is 23.0 Å². The quantitative estimate of drug-likeness (QED) is 0.563. The Morgan fingerprint density at radius 2 is 1.76 bits per heavy atom. The molecule has 1 saturated heterocycles. The number of hydrogen-bond donors (Lipinski definition) is 1. The maximum Gasteiger partial charge on any atom is 0.296 e. The van der Waals surface area contributed by atoms with Crippen LogP contribution >= 0.6 is 0 Å². The molecule has 1 fully saturated rings. The number of nitrogens with one attached hydrogen (secondary N) is 1. The summed E-state index contributed by atoms with van der Waals surface area (Å²) in [5.41, 5.74) is 1.05. The van der Waals surface area contributed by atoms with E-state index in [4.69, 9.17) is 9.47 Å². The van der Waals surface area contributed by atoms with E-state index < -0.39 is 4.92 Å². The summed E-state index contributed by atoms with van der Waals surface area (Å²) in [6.45, 7) is 3.17. The number of nitro groups is 1. The molecule has 1 amide bonds. The molecule has 1 aliphatic heterocycles. The molecule has 2 aromatic carbocycles. The summed E-state index contributed by atoms with van der Waals surface area (Å²) in [6, 6.07) is 12.2. The van der Waals surface area contributed by atoms with Crippen molar-refractivity contribution in [2.75, 3.05) is 57.2 Å². The van der Waals surface area contributed by atoms with Crippen LogP contribution in [0.1, 0.15) is 0 Å². The zero-order valence-corrected chi connectivity index (χ0v) is 16.5. The van der Waals surface area contributed by atoms with Gasteiger partial charge in [0.1, 0.15) is 17.2 Å². The number of ether oxygens (including phenoxy) is 2. The molecule has 0 spiro atoms. The van der Waals surface area contributed by atoms with Crippen LogP contribution in [0.25, 0.3) is 0 Å². The van der Waals surface area contributed by atoms with Crippen molar-refractivity contribution in [3.8, 4) is 11.5 Å². The first-order valence-electron chi connectivity index (χ1n) is 9.24. The highest BCUT2D eigenvalue weighted by atomic mass is 16.6. The fraction of sp³-hybridized carbons (Fsp3) is 0.350. The van der Waals surface area contributed by atoms with Crippen molar-refractivity contribution in [3.05, 3.63) is 52.6 Å². The predicted molar refractivity (Wildman–Crippen MR) is 110 cm³/mol. The van der Waals surface area contributed by atoms with Crippen LogP contribution in [0, 0.1) is 10.1 Å². The molecule has 0 radical (unpaired) electrons. The highest BCUT2D eigenvalue weighted by molar-refractivity contribution is 5.94. The SMILES string of the molecule is COc1cccc(N2CCN(CC(=O)Nc3ccc(OC)cc3[N+](=O)[O-])CC2)c1. The van der Waals surface area contributed by atoms with Gasteiger partial charge in [-0.25, -0.2) is 0 Å². The van der Waals surface area contributed by atoms with Gasteiger partial charge in [-0.3, -0.25) is 19.8 Å². The van der Waals surface area contributed by atoms with Crippen LogP contribution in [-0.4, -0.2) is 62.7 Å². The molecule has 1 aliphatic rings. The van der Waals surface area contributed by atoms with Crippen LogP contribution < -0.4 is 19.7 Å². The smallest absolute Gasteiger partial charge is 0.296 e. The van der Waals surface area contributed by atoms with Gasteiger partial charge in [0.15, 0.2) is 0 Å². The second kappa shape index (κ2) is 9.24. The third kappa shape index (κ3) is 5.14. The number of nitrogens with zero attached hydrogens (tertiary/aromatic N) is 3. The Labute approximate surface area is 169 Å². The molecule has 0 bridgehead atoms. The molecule has 1 heterocycles. The third-order valence-corrected chi connectivity index (χ3v) is 4.83. The zero-order chi connectivity index (χ0) is 20.8. The lowest BCUT2D eigenvalue weighted by molar-refractivity contribution is -0.384. The van der Waals surface area contributed by atoms with Crippen LogP contribution in [0.5, 0.6) is 11.5 Å². The van der Waals surface area contributed by atoms with Gasteiger partial charge in [-0.15, -0.1) is 0 Å². The molecule has 0 saturated carbocycles. The molecule has 3 rings (SSSR count). The van der Waals surface area contributed by atoms with E-state index in [-0.39, 0.29) is 23.8 Å². The Morgan fingerprint density at radius 1 is 1.07 bits per heavy atom. The highest BCUT2D eigenvalue weighted by Gasteiger charge is 2.22. The highest BCUT2D eigenvalue weighted by Crippen LogP contribution is 2.29. The molecule has 0 unspecified atom stereocenters. The molecule has 9 nitrogen and oxygen atoms in total. The lowest BCUT2D eigenvalue weighted by atomic mass is 10.2. The van der Waals surface area contributed by atoms with E-state index in [2.05, 4.69) is 10.2 Å². The Morgan fingerprint density at radius 3 is 2.41 bits per heavy atom. The van der Waals surface area contributed by atoms with Gasteiger partial charge in [-0.05, 0) is 24.3 Å². The number of carbonyl (C=O) groups excluding carboxylic acids is 1. The summed E-state index contributed by atoms with van der Waals surface area (Å²) in [7, 11) is 3.07. The van der Waals surface area contributed by atoms with E-state index in [1.165, 1.54) is 19.2 Å². The summed E-state index contributed by atoms with van der Waals surface area (Å²) in [5.74, 6) is 0.891. The maximum atomic E-state index is 12.4. The average molecular weight is 400 g/mol. The molecule has 2 aromatic rings. The first kappa shape index (κ1) is 20.4. The van der Waals surface area contributed by atoms with E-state index in [1.807, 2.05) is 29.2 Å². The molecule has 1 N–H and O–H groups in total. The molecule has 29 heavy (non-hydrogen) atoms. The van der Waals surface area contributed by atoms with Gasteiger partial charge in [0.2, 0.25) is 5.91 Å². The summed E-state index contributed by atoms with van der Waals surface area (Å²) in [5, 5.41) is 13.9. The van der Waals surface area contributed by atoms with Crippen molar-refractivity contribution in [2.45, 2.75) is 0 Å². The number of benzene rings is 2. The van der Waals surface area contributed by atoms with Crippen LogP contribution in [-0.2, 0) is 4.79 Å². The first-order valence-corrected chi connectivity index (χ1v) is 9.24. The minimum atomic E-state index is -0.537. The summed E-state index contributed by atoms with van der Waals surface area (Å²) in [6.07, 6.45) is 0. The van der Waals surface area contributed by atoms with Gasteiger partial charge >= 0.3 is 0 Å². The minimum absolute atomic E-state index is 0.163. The lowest BCUT2D eigenvalue weighted by Gasteiger charge is -2.35. The van der Waals surface area contributed by atoms with E-state index in [9.17, 15) is 14.9 Å². The average Bonchev–Trinajstić information content (AvgIpc) is 2.74. The van der Waals surface area contributed by atoms with Crippen LogP contribution in [0.3, 0.4) is 0 Å². The van der Waals surface area contributed by atoms with Gasteiger partial charge in [0, 0.05) is 37.9 Å². The zero-order valence-electron chi connectivity index (χ0n) is 16.5. The van der Waals surface area contributed by atoms with Crippen molar-refractivity contribution in [3.63, 3.8) is 0 Å². The first-order chi connectivity index (χ1) is 14.0. The van der Waals surface area contributed by atoms with Gasteiger partial charge in [0.05, 0.1) is 31.8 Å². The predicted octanol–water partition coefficient (Wildman–Crippen LogP) is 2.37. The number of nitro benzene ring substituents is 1. The summed E-state index contributed by atoms with van der Waals surface area (Å²) in [4.78, 5) is 27.4. The molecule has 0 atom stereocenters. The molecule has 154 valence electrons. The largest absolute Gasteiger partial charge is 0.497 e. The third-order valence-electron chi connectivity index (χ3n) is 4.83. The van der Waals surface area contributed by atoms with Crippen LogP contribution in [0.2, 0.25) is 0 Å². The van der Waals surface area contributed by atoms with Crippen molar-refractivity contribution < 1.29 is 19.2 Å². The number of hydrogen-bond acceptors (Lipinski definition) is 7. The van der Waals surface area contributed by atoms with E-state index in [1.54, 1.807) is 13.2 Å². The second-order valence-electron chi connectivity index (χ2n) is 6.65. The number of carbonyl (C=O) groups is 1. The van der Waals surface area contributed by atoms with E-state index in [0.29, 0.717) is 5.75 Å². The van der Waals surface area contributed by atoms with Gasteiger partial charge in [0.25, 0.3) is 5.69 Å². The lowest BCUT2D eigenvalue weighted by Crippen LogP contribution is -2.48. The number of amides is 1. The molecule has 0 aliphatic carbocycles. The minimum Gasteiger partial charge on any atom is -0.497 e. The molecular formula is C20H24N4O5. The monoisotopic (exact) mass is 400 g/mol. The maximum absolute atomic E-state index is 12.4. The Bertz CT molecular complexity index is 881. The van der Waals surface area contributed by atoms with Crippen LogP contribution in [0.4, 0.5) is 17.1 Å². The topological polar surface area (TPSA) is 97.2 Å². The number of methoxy groups -OCH3 is 2. The standard InChI is InChI=1S/C20H24N4O5/c1-28-16-5-3-4-15(12-16)23-10-8-22(9-11-23)14-20(25)21-18-7-6-17(29-2)13-19(18)24(26)27/h3-7,12-13H,8-11,14H2,1-2H3,(H,21,25). The fourth-order valence-corrected chi connectivity index (χ4v) is 3.26.